The standard InChI is InChI=1S/C6H5NO2.C2H6O4S/c8-6(9)5-2-1-3-7-4-5;1-5-7(3,4)6-2/h1-4H,(H,8,9);1-2H3. The Balaban J connectivity index is 0.000000293. The van der Waals surface area contributed by atoms with E-state index in [0.29, 0.717) is 0 Å². The summed E-state index contributed by atoms with van der Waals surface area (Å²) in [7, 11) is -1.60. The van der Waals surface area contributed by atoms with Crippen molar-refractivity contribution in [1.82, 2.24) is 4.98 Å². The maximum absolute atomic E-state index is 10.2. The summed E-state index contributed by atoms with van der Waals surface area (Å²) in [6.07, 6.45) is 2.84. The molecule has 0 fully saturated rings. The fraction of sp³-hybridized carbons (Fsp3) is 0.250. The van der Waals surface area contributed by atoms with Crippen molar-refractivity contribution in [2.75, 3.05) is 14.2 Å². The molecule has 0 bridgehead atoms. The smallest absolute Gasteiger partial charge is 0.399 e. The summed E-state index contributed by atoms with van der Waals surface area (Å²) < 4.78 is 27.5. The zero-order valence-electron chi connectivity index (χ0n) is 8.65. The summed E-state index contributed by atoms with van der Waals surface area (Å²) >= 11 is 0. The van der Waals surface area contributed by atoms with Gasteiger partial charge in [0.2, 0.25) is 0 Å². The zero-order chi connectivity index (χ0) is 12.6. The maximum Gasteiger partial charge on any atom is 0.399 e. The SMILES string of the molecule is COS(=O)(=O)OC.O=C(O)c1cccnc1. The fourth-order valence-electron chi connectivity index (χ4n) is 0.557. The normalized spacial score (nSPS) is 10.1. The average molecular weight is 249 g/mol. The van der Waals surface area contributed by atoms with Crippen molar-refractivity contribution in [2.24, 2.45) is 0 Å². The Morgan fingerprint density at radius 1 is 1.38 bits per heavy atom. The molecular weight excluding hydrogens is 238 g/mol. The van der Waals surface area contributed by atoms with Crippen LogP contribution in [0.3, 0.4) is 0 Å². The van der Waals surface area contributed by atoms with Gasteiger partial charge < -0.3 is 5.11 Å². The van der Waals surface area contributed by atoms with E-state index in [9.17, 15) is 13.2 Å². The topological polar surface area (TPSA) is 103 Å². The van der Waals surface area contributed by atoms with E-state index in [1.165, 1.54) is 18.5 Å². The molecule has 0 spiro atoms. The number of carbonyl (C=O) groups is 1. The van der Waals surface area contributed by atoms with Crippen molar-refractivity contribution in [1.29, 1.82) is 0 Å². The molecule has 0 atom stereocenters. The minimum atomic E-state index is -3.66. The lowest BCUT2D eigenvalue weighted by Gasteiger charge is -1.91. The van der Waals surface area contributed by atoms with Crippen molar-refractivity contribution in [3.05, 3.63) is 30.1 Å². The van der Waals surface area contributed by atoms with Gasteiger partial charge in [0, 0.05) is 12.4 Å². The predicted octanol–water partition coefficient (Wildman–Crippen LogP) is 0.304. The van der Waals surface area contributed by atoms with Crippen molar-refractivity contribution in [3.8, 4) is 0 Å². The highest BCUT2D eigenvalue weighted by Crippen LogP contribution is 1.92. The first-order valence-electron chi connectivity index (χ1n) is 3.92. The molecule has 0 saturated carbocycles. The van der Waals surface area contributed by atoms with Gasteiger partial charge in [-0.15, -0.1) is 0 Å². The van der Waals surface area contributed by atoms with Gasteiger partial charge in [0.05, 0.1) is 19.8 Å². The molecule has 0 unspecified atom stereocenters. The number of carboxylic acids is 1. The Labute approximate surface area is 93.0 Å². The molecule has 0 aliphatic carbocycles. The van der Waals surface area contributed by atoms with Gasteiger partial charge in [-0.05, 0) is 12.1 Å². The van der Waals surface area contributed by atoms with Crippen LogP contribution in [0.2, 0.25) is 0 Å². The van der Waals surface area contributed by atoms with Crippen LogP contribution < -0.4 is 0 Å². The highest BCUT2D eigenvalue weighted by Gasteiger charge is 2.01. The van der Waals surface area contributed by atoms with Gasteiger partial charge in [-0.25, -0.2) is 4.79 Å². The molecule has 1 N–H and O–H groups in total. The van der Waals surface area contributed by atoms with E-state index in [1.807, 2.05) is 0 Å². The van der Waals surface area contributed by atoms with Gasteiger partial charge in [-0.1, -0.05) is 0 Å². The Morgan fingerprint density at radius 2 is 1.94 bits per heavy atom. The van der Waals surface area contributed by atoms with E-state index in [1.54, 1.807) is 6.07 Å². The minimum absolute atomic E-state index is 0.220. The molecule has 1 aromatic heterocycles. The Morgan fingerprint density at radius 3 is 2.12 bits per heavy atom. The minimum Gasteiger partial charge on any atom is -0.478 e. The molecule has 1 heterocycles. The van der Waals surface area contributed by atoms with E-state index >= 15 is 0 Å². The zero-order valence-corrected chi connectivity index (χ0v) is 9.47. The summed E-state index contributed by atoms with van der Waals surface area (Å²) in [6, 6.07) is 3.08. The van der Waals surface area contributed by atoms with E-state index in [4.69, 9.17) is 5.11 Å². The molecule has 90 valence electrons. The second-order valence-corrected chi connectivity index (χ2v) is 3.77. The third-order valence-corrected chi connectivity index (χ3v) is 2.13. The van der Waals surface area contributed by atoms with E-state index in [-0.39, 0.29) is 5.56 Å². The number of rotatable bonds is 3. The quantitative estimate of drug-likeness (QED) is 0.821. The van der Waals surface area contributed by atoms with Crippen LogP contribution in [0.15, 0.2) is 24.5 Å². The molecule has 1 rings (SSSR count). The van der Waals surface area contributed by atoms with E-state index in [2.05, 4.69) is 13.4 Å². The lowest BCUT2D eigenvalue weighted by molar-refractivity contribution is 0.0696. The van der Waals surface area contributed by atoms with E-state index in [0.717, 1.165) is 14.2 Å². The van der Waals surface area contributed by atoms with E-state index < -0.39 is 16.4 Å². The Hall–Kier alpha value is -1.51. The summed E-state index contributed by atoms with van der Waals surface area (Å²) in [5, 5.41) is 8.34. The predicted molar refractivity (Wildman–Crippen MR) is 54.1 cm³/mol. The van der Waals surface area contributed by atoms with Crippen molar-refractivity contribution >= 4 is 16.4 Å². The Bertz CT molecular complexity index is 405. The molecule has 1 aromatic rings. The number of carboxylic acid groups (broad SMARTS) is 1. The van der Waals surface area contributed by atoms with Crippen LogP contribution in [-0.2, 0) is 18.8 Å². The lowest BCUT2D eigenvalue weighted by atomic mass is 10.3. The van der Waals surface area contributed by atoms with Gasteiger partial charge in [0.15, 0.2) is 0 Å². The van der Waals surface area contributed by atoms with Crippen molar-refractivity contribution in [3.63, 3.8) is 0 Å². The highest BCUT2D eigenvalue weighted by atomic mass is 32.3. The van der Waals surface area contributed by atoms with Crippen molar-refractivity contribution in [2.45, 2.75) is 0 Å². The summed E-state index contributed by atoms with van der Waals surface area (Å²) in [5.41, 5.74) is 0.220. The van der Waals surface area contributed by atoms with Gasteiger partial charge in [-0.2, -0.15) is 8.42 Å². The van der Waals surface area contributed by atoms with Crippen LogP contribution in [0.25, 0.3) is 0 Å². The largest absolute Gasteiger partial charge is 0.478 e. The molecular formula is C8H11NO6S. The van der Waals surface area contributed by atoms with Crippen LogP contribution >= 0.6 is 0 Å². The molecule has 16 heavy (non-hydrogen) atoms. The molecule has 0 aromatic carbocycles. The van der Waals surface area contributed by atoms with Gasteiger partial charge in [0.25, 0.3) is 0 Å². The third kappa shape index (κ3) is 6.06. The van der Waals surface area contributed by atoms with Crippen LogP contribution in [0.5, 0.6) is 0 Å². The number of aromatic nitrogens is 1. The van der Waals surface area contributed by atoms with Crippen LogP contribution in [-0.4, -0.2) is 38.7 Å². The maximum atomic E-state index is 10.2. The molecule has 7 nitrogen and oxygen atoms in total. The average Bonchev–Trinajstić information content (AvgIpc) is 2.31. The first-order valence-corrected chi connectivity index (χ1v) is 5.25. The second kappa shape index (κ2) is 6.88. The molecule has 0 aliphatic rings. The summed E-state index contributed by atoms with van der Waals surface area (Å²) in [4.78, 5) is 13.8. The lowest BCUT2D eigenvalue weighted by Crippen LogP contribution is -2.02. The highest BCUT2D eigenvalue weighted by molar-refractivity contribution is 7.81. The number of aromatic carboxylic acids is 1. The molecule has 0 radical (unpaired) electrons. The molecule has 0 aliphatic heterocycles. The summed E-state index contributed by atoms with van der Waals surface area (Å²) in [5.74, 6) is -0.942. The number of nitrogens with zero attached hydrogens (tertiary/aromatic N) is 1. The second-order valence-electron chi connectivity index (χ2n) is 2.29. The number of hydrogen-bond acceptors (Lipinski definition) is 6. The first-order chi connectivity index (χ1) is 7.43. The van der Waals surface area contributed by atoms with Crippen LogP contribution in [0.1, 0.15) is 10.4 Å². The van der Waals surface area contributed by atoms with Gasteiger partial charge in [-0.3, -0.25) is 13.4 Å². The third-order valence-electron chi connectivity index (χ3n) is 1.32. The molecule has 8 heteroatoms. The van der Waals surface area contributed by atoms with Crippen LogP contribution in [0, 0.1) is 0 Å². The Kier molecular flexibility index (Phi) is 6.23. The van der Waals surface area contributed by atoms with Crippen molar-refractivity contribution < 1.29 is 26.7 Å². The monoisotopic (exact) mass is 249 g/mol. The molecule has 0 amide bonds. The summed E-state index contributed by atoms with van der Waals surface area (Å²) in [6.45, 7) is 0. The molecule has 0 saturated heterocycles. The van der Waals surface area contributed by atoms with Gasteiger partial charge >= 0.3 is 16.4 Å². The first kappa shape index (κ1) is 14.5. The van der Waals surface area contributed by atoms with Gasteiger partial charge in [0.1, 0.15) is 0 Å². The van der Waals surface area contributed by atoms with Crippen LogP contribution in [0.4, 0.5) is 0 Å². The number of hydrogen-bond donors (Lipinski definition) is 1. The number of pyridine rings is 1. The fourth-order valence-corrected chi connectivity index (χ4v) is 0.693.